The summed E-state index contributed by atoms with van der Waals surface area (Å²) in [6.45, 7) is 2.13. The van der Waals surface area contributed by atoms with E-state index in [9.17, 15) is 14.7 Å². The molecule has 7 heteroatoms. The van der Waals surface area contributed by atoms with Crippen LogP contribution < -0.4 is 14.8 Å². The molecule has 2 N–H and O–H groups in total. The molecule has 2 aliphatic rings. The summed E-state index contributed by atoms with van der Waals surface area (Å²) >= 11 is 0. The molecule has 1 aromatic carbocycles. The standard InChI is InChI=1S/C14H16N2O5/c17-13(16-4-3-15-8-10(16)14(18)19)9-1-2-11-12(7-9)21-6-5-20-11/h1-2,7,10,15H,3-6,8H2,(H,18,19)/t10-/m0/s1. The molecular weight excluding hydrogens is 276 g/mol. The Bertz CT molecular complexity index is 574. The molecule has 1 fully saturated rings. The number of fused-ring (bicyclic) bond motifs is 1. The summed E-state index contributed by atoms with van der Waals surface area (Å²) in [6, 6.07) is 4.08. The maximum absolute atomic E-state index is 12.5. The van der Waals surface area contributed by atoms with Crippen molar-refractivity contribution in [2.45, 2.75) is 6.04 Å². The second kappa shape index (κ2) is 5.61. The Morgan fingerprint density at radius 3 is 2.76 bits per heavy atom. The summed E-state index contributed by atoms with van der Waals surface area (Å²) in [6.07, 6.45) is 0. The van der Waals surface area contributed by atoms with E-state index in [0.717, 1.165) is 0 Å². The number of carboxylic acids is 1. The molecule has 0 unspecified atom stereocenters. The Balaban J connectivity index is 1.85. The molecule has 1 amide bonds. The minimum Gasteiger partial charge on any atom is -0.486 e. The first-order chi connectivity index (χ1) is 10.2. The highest BCUT2D eigenvalue weighted by Crippen LogP contribution is 2.31. The van der Waals surface area contributed by atoms with Crippen LogP contribution >= 0.6 is 0 Å². The summed E-state index contributed by atoms with van der Waals surface area (Å²) < 4.78 is 10.9. The quantitative estimate of drug-likeness (QED) is 0.795. The minimum absolute atomic E-state index is 0.256. The van der Waals surface area contributed by atoms with Crippen LogP contribution in [0.5, 0.6) is 11.5 Å². The van der Waals surface area contributed by atoms with Crippen LogP contribution in [0.4, 0.5) is 0 Å². The first-order valence-corrected chi connectivity index (χ1v) is 6.81. The lowest BCUT2D eigenvalue weighted by molar-refractivity contribution is -0.142. The van der Waals surface area contributed by atoms with E-state index >= 15 is 0 Å². The van der Waals surface area contributed by atoms with Gasteiger partial charge in [-0.15, -0.1) is 0 Å². The van der Waals surface area contributed by atoms with Crippen molar-refractivity contribution < 1.29 is 24.2 Å². The van der Waals surface area contributed by atoms with Crippen molar-refractivity contribution in [3.8, 4) is 11.5 Å². The molecule has 0 aliphatic carbocycles. The van der Waals surface area contributed by atoms with Crippen molar-refractivity contribution >= 4 is 11.9 Å². The molecule has 0 saturated carbocycles. The molecular formula is C14H16N2O5. The number of carbonyl (C=O) groups is 2. The van der Waals surface area contributed by atoms with Crippen LogP contribution in [0.15, 0.2) is 18.2 Å². The average Bonchev–Trinajstić information content (AvgIpc) is 2.53. The lowest BCUT2D eigenvalue weighted by atomic mass is 10.1. The first kappa shape index (κ1) is 13.7. The number of carboxylic acid groups (broad SMARTS) is 1. The van der Waals surface area contributed by atoms with Crippen molar-refractivity contribution in [3.63, 3.8) is 0 Å². The number of piperazine rings is 1. The summed E-state index contributed by atoms with van der Waals surface area (Å²) in [5, 5.41) is 12.2. The van der Waals surface area contributed by atoms with E-state index < -0.39 is 12.0 Å². The summed E-state index contributed by atoms with van der Waals surface area (Å²) in [5.74, 6) is -0.184. The Morgan fingerprint density at radius 1 is 1.24 bits per heavy atom. The molecule has 1 atom stereocenters. The van der Waals surface area contributed by atoms with E-state index in [1.54, 1.807) is 18.2 Å². The average molecular weight is 292 g/mol. The zero-order valence-corrected chi connectivity index (χ0v) is 11.4. The van der Waals surface area contributed by atoms with Crippen LogP contribution in [0.2, 0.25) is 0 Å². The van der Waals surface area contributed by atoms with E-state index in [-0.39, 0.29) is 12.5 Å². The van der Waals surface area contributed by atoms with Crippen molar-refractivity contribution in [1.82, 2.24) is 10.2 Å². The van der Waals surface area contributed by atoms with Gasteiger partial charge in [-0.05, 0) is 18.2 Å². The topological polar surface area (TPSA) is 88.1 Å². The third-order valence-electron chi connectivity index (χ3n) is 3.58. The highest BCUT2D eigenvalue weighted by atomic mass is 16.6. The monoisotopic (exact) mass is 292 g/mol. The van der Waals surface area contributed by atoms with E-state index in [2.05, 4.69) is 5.32 Å². The molecule has 1 aromatic rings. The molecule has 21 heavy (non-hydrogen) atoms. The van der Waals surface area contributed by atoms with Gasteiger partial charge in [0.15, 0.2) is 11.5 Å². The fourth-order valence-corrected chi connectivity index (χ4v) is 2.51. The molecule has 1 saturated heterocycles. The van der Waals surface area contributed by atoms with Gasteiger partial charge in [0.05, 0.1) is 0 Å². The number of aliphatic carboxylic acids is 1. The minimum atomic E-state index is -1.01. The number of nitrogens with one attached hydrogen (secondary N) is 1. The molecule has 3 rings (SSSR count). The van der Waals surface area contributed by atoms with Crippen molar-refractivity contribution in [1.29, 1.82) is 0 Å². The molecule has 2 aliphatic heterocycles. The predicted octanol–water partition coefficient (Wildman–Crippen LogP) is -0.0436. The number of carbonyl (C=O) groups excluding carboxylic acids is 1. The van der Waals surface area contributed by atoms with Crippen LogP contribution in [-0.2, 0) is 4.79 Å². The Morgan fingerprint density at radius 2 is 2.00 bits per heavy atom. The Labute approximate surface area is 121 Å². The van der Waals surface area contributed by atoms with Crippen molar-refractivity contribution in [3.05, 3.63) is 23.8 Å². The molecule has 0 aromatic heterocycles. The van der Waals surface area contributed by atoms with Gasteiger partial charge in [0.1, 0.15) is 19.3 Å². The number of hydrogen-bond acceptors (Lipinski definition) is 5. The van der Waals surface area contributed by atoms with Gasteiger partial charge in [-0.25, -0.2) is 4.79 Å². The second-order valence-corrected chi connectivity index (χ2v) is 4.92. The largest absolute Gasteiger partial charge is 0.486 e. The number of hydrogen-bond donors (Lipinski definition) is 2. The fourth-order valence-electron chi connectivity index (χ4n) is 2.51. The maximum atomic E-state index is 12.5. The highest BCUT2D eigenvalue weighted by molar-refractivity contribution is 5.97. The molecule has 112 valence electrons. The Kier molecular flexibility index (Phi) is 3.66. The van der Waals surface area contributed by atoms with Gasteiger partial charge in [-0.3, -0.25) is 4.79 Å². The zero-order valence-electron chi connectivity index (χ0n) is 11.4. The Hall–Kier alpha value is -2.28. The summed E-state index contributed by atoms with van der Waals surface area (Å²) in [7, 11) is 0. The van der Waals surface area contributed by atoms with Crippen molar-refractivity contribution in [2.75, 3.05) is 32.8 Å². The SMILES string of the molecule is O=C(O)[C@@H]1CNCCN1C(=O)c1ccc2c(c1)OCCO2. The predicted molar refractivity (Wildman–Crippen MR) is 72.8 cm³/mol. The van der Waals surface area contributed by atoms with Crippen LogP contribution in [0.25, 0.3) is 0 Å². The third-order valence-corrected chi connectivity index (χ3v) is 3.58. The van der Waals surface area contributed by atoms with E-state index in [4.69, 9.17) is 9.47 Å². The molecule has 0 spiro atoms. The van der Waals surface area contributed by atoms with Crippen LogP contribution in [0.3, 0.4) is 0 Å². The van der Waals surface area contributed by atoms with Gasteiger partial charge in [0.2, 0.25) is 0 Å². The van der Waals surface area contributed by atoms with Gasteiger partial charge in [-0.2, -0.15) is 0 Å². The lowest BCUT2D eigenvalue weighted by Gasteiger charge is -2.33. The van der Waals surface area contributed by atoms with Crippen LogP contribution in [-0.4, -0.2) is 60.8 Å². The fraction of sp³-hybridized carbons (Fsp3) is 0.429. The number of benzene rings is 1. The van der Waals surface area contributed by atoms with E-state index in [1.807, 2.05) is 0 Å². The molecule has 0 bridgehead atoms. The van der Waals surface area contributed by atoms with Crippen LogP contribution in [0, 0.1) is 0 Å². The van der Waals surface area contributed by atoms with Crippen molar-refractivity contribution in [2.24, 2.45) is 0 Å². The number of nitrogens with zero attached hydrogens (tertiary/aromatic N) is 1. The zero-order chi connectivity index (χ0) is 14.8. The van der Waals surface area contributed by atoms with Gasteiger partial charge in [-0.1, -0.05) is 0 Å². The van der Waals surface area contributed by atoms with Crippen LogP contribution in [0.1, 0.15) is 10.4 Å². The maximum Gasteiger partial charge on any atom is 0.327 e. The van der Waals surface area contributed by atoms with Gasteiger partial charge >= 0.3 is 5.97 Å². The number of amides is 1. The smallest absolute Gasteiger partial charge is 0.327 e. The van der Waals surface area contributed by atoms with Gasteiger partial charge < -0.3 is 24.8 Å². The highest BCUT2D eigenvalue weighted by Gasteiger charge is 2.32. The third kappa shape index (κ3) is 2.64. The normalized spacial score (nSPS) is 21.0. The second-order valence-electron chi connectivity index (χ2n) is 4.92. The molecule has 7 nitrogen and oxygen atoms in total. The molecule has 2 heterocycles. The number of ether oxygens (including phenoxy) is 2. The summed E-state index contributed by atoms with van der Waals surface area (Å²) in [5.41, 5.74) is 0.410. The lowest BCUT2D eigenvalue weighted by Crippen LogP contribution is -2.56. The number of rotatable bonds is 2. The van der Waals surface area contributed by atoms with Gasteiger partial charge in [0.25, 0.3) is 5.91 Å². The summed E-state index contributed by atoms with van der Waals surface area (Å²) in [4.78, 5) is 25.2. The van der Waals surface area contributed by atoms with E-state index in [0.29, 0.717) is 43.4 Å². The van der Waals surface area contributed by atoms with E-state index in [1.165, 1.54) is 4.90 Å². The van der Waals surface area contributed by atoms with Gasteiger partial charge in [0, 0.05) is 25.2 Å². The molecule has 0 radical (unpaired) electrons. The first-order valence-electron chi connectivity index (χ1n) is 6.81.